The van der Waals surface area contributed by atoms with Crippen LogP contribution < -0.4 is 10.6 Å². The van der Waals surface area contributed by atoms with Gasteiger partial charge in [-0.1, -0.05) is 24.6 Å². The van der Waals surface area contributed by atoms with Crippen molar-refractivity contribution in [1.29, 1.82) is 0 Å². The Morgan fingerprint density at radius 3 is 3.08 bits per heavy atom. The van der Waals surface area contributed by atoms with Gasteiger partial charge in [-0.15, -0.1) is 0 Å². The molecule has 0 spiro atoms. The van der Waals surface area contributed by atoms with Gasteiger partial charge >= 0.3 is 0 Å². The van der Waals surface area contributed by atoms with Crippen molar-refractivity contribution in [3.05, 3.63) is 34.8 Å². The summed E-state index contributed by atoms with van der Waals surface area (Å²) < 4.78 is 0. The number of rotatable bonds is 0. The maximum Gasteiger partial charge on any atom is 0.0726 e. The lowest BCUT2D eigenvalue weighted by atomic mass is 9.90. The average Bonchev–Trinajstić information content (AvgIpc) is 2.56. The van der Waals surface area contributed by atoms with Crippen LogP contribution in [0, 0.1) is 0 Å². The zero-order valence-corrected chi connectivity index (χ0v) is 7.66. The average molecular weight is 171 g/mol. The van der Waals surface area contributed by atoms with Crippen LogP contribution in [0.2, 0.25) is 0 Å². The minimum absolute atomic E-state index is 0.533. The first-order chi connectivity index (χ1) is 6.45. The molecule has 1 atom stereocenters. The fourth-order valence-electron chi connectivity index (χ4n) is 2.48. The molecule has 1 heterocycles. The molecule has 66 valence electrons. The monoisotopic (exact) mass is 171 g/mol. The summed E-state index contributed by atoms with van der Waals surface area (Å²) in [5.41, 5.74) is 1.60. The SMILES string of the molecule is c1ccc2c(c1)=NC1CCCCC=21. The first kappa shape index (κ1) is 7.31. The van der Waals surface area contributed by atoms with E-state index in [-0.39, 0.29) is 0 Å². The number of para-hydroxylation sites is 1. The fourth-order valence-corrected chi connectivity index (χ4v) is 2.48. The van der Waals surface area contributed by atoms with Gasteiger partial charge in [0.1, 0.15) is 0 Å². The lowest BCUT2D eigenvalue weighted by Crippen LogP contribution is -2.22. The zero-order valence-electron chi connectivity index (χ0n) is 7.66. The number of hydrogen-bond donors (Lipinski definition) is 0. The molecular weight excluding hydrogens is 158 g/mol. The molecule has 1 unspecified atom stereocenters. The zero-order chi connectivity index (χ0) is 8.67. The van der Waals surface area contributed by atoms with Crippen LogP contribution >= 0.6 is 0 Å². The van der Waals surface area contributed by atoms with E-state index < -0.39 is 0 Å². The number of hydrogen-bond acceptors (Lipinski definition) is 1. The fraction of sp³-hybridized carbons (Fsp3) is 0.417. The Labute approximate surface area is 77.8 Å². The van der Waals surface area contributed by atoms with E-state index in [0.29, 0.717) is 6.04 Å². The largest absolute Gasteiger partial charge is 0.277 e. The van der Waals surface area contributed by atoms with E-state index in [1.54, 1.807) is 5.57 Å². The van der Waals surface area contributed by atoms with Crippen molar-refractivity contribution in [2.75, 3.05) is 0 Å². The number of benzene rings is 1. The van der Waals surface area contributed by atoms with Gasteiger partial charge in [-0.05, 0) is 30.9 Å². The van der Waals surface area contributed by atoms with Crippen molar-refractivity contribution in [2.45, 2.75) is 31.7 Å². The highest BCUT2D eigenvalue weighted by Gasteiger charge is 2.21. The summed E-state index contributed by atoms with van der Waals surface area (Å²) >= 11 is 0. The summed E-state index contributed by atoms with van der Waals surface area (Å²) in [5, 5.41) is 2.65. The van der Waals surface area contributed by atoms with Crippen LogP contribution in [0.1, 0.15) is 25.7 Å². The van der Waals surface area contributed by atoms with Crippen molar-refractivity contribution in [1.82, 2.24) is 0 Å². The molecule has 1 fully saturated rings. The predicted octanol–water partition coefficient (Wildman–Crippen LogP) is 1.41. The standard InChI is InChI=1S/C12H13N/c1-3-7-11-9(5-1)10-6-2-4-8-12(10)13-11/h1,3,5,7,12H,2,4,6,8H2. The van der Waals surface area contributed by atoms with E-state index in [2.05, 4.69) is 24.3 Å². The summed E-state index contributed by atoms with van der Waals surface area (Å²) in [5.74, 6) is 0. The predicted molar refractivity (Wildman–Crippen MR) is 52.9 cm³/mol. The summed E-state index contributed by atoms with van der Waals surface area (Å²) in [6.45, 7) is 0. The summed E-state index contributed by atoms with van der Waals surface area (Å²) in [7, 11) is 0. The highest BCUT2D eigenvalue weighted by atomic mass is 14.8. The van der Waals surface area contributed by atoms with Crippen molar-refractivity contribution in [2.24, 2.45) is 4.99 Å². The van der Waals surface area contributed by atoms with Gasteiger partial charge in [-0.25, -0.2) is 0 Å². The maximum absolute atomic E-state index is 4.74. The first-order valence-electron chi connectivity index (χ1n) is 5.11. The van der Waals surface area contributed by atoms with Crippen LogP contribution in [0.25, 0.3) is 5.57 Å². The van der Waals surface area contributed by atoms with E-state index in [4.69, 9.17) is 4.99 Å². The van der Waals surface area contributed by atoms with Crippen LogP contribution in [0.5, 0.6) is 0 Å². The second kappa shape index (κ2) is 2.69. The van der Waals surface area contributed by atoms with Crippen molar-refractivity contribution >= 4 is 5.57 Å². The highest BCUT2D eigenvalue weighted by Crippen LogP contribution is 2.27. The number of fused-ring (bicyclic) bond motifs is 2. The van der Waals surface area contributed by atoms with Crippen molar-refractivity contribution in [3.63, 3.8) is 0 Å². The van der Waals surface area contributed by atoms with Crippen molar-refractivity contribution in [3.8, 4) is 0 Å². The van der Waals surface area contributed by atoms with Gasteiger partial charge in [0.2, 0.25) is 0 Å². The molecule has 1 aliphatic carbocycles. The van der Waals surface area contributed by atoms with Crippen molar-refractivity contribution < 1.29 is 0 Å². The molecule has 1 heteroatoms. The molecule has 0 aromatic heterocycles. The third kappa shape index (κ3) is 1.03. The second-order valence-electron chi connectivity index (χ2n) is 3.93. The van der Waals surface area contributed by atoms with Crippen LogP contribution in [0.4, 0.5) is 0 Å². The van der Waals surface area contributed by atoms with Crippen LogP contribution in [0.3, 0.4) is 0 Å². The molecule has 13 heavy (non-hydrogen) atoms. The number of nitrogens with zero attached hydrogens (tertiary/aromatic N) is 1. The van der Waals surface area contributed by atoms with E-state index in [0.717, 1.165) is 0 Å². The summed E-state index contributed by atoms with van der Waals surface area (Å²) in [6.07, 6.45) is 5.25. The first-order valence-corrected chi connectivity index (χ1v) is 5.11. The Balaban J connectivity index is 2.29. The lowest BCUT2D eigenvalue weighted by molar-refractivity contribution is 0.587. The highest BCUT2D eigenvalue weighted by molar-refractivity contribution is 5.54. The molecule has 1 aromatic carbocycles. The topological polar surface area (TPSA) is 12.4 Å². The van der Waals surface area contributed by atoms with Crippen LogP contribution in [0.15, 0.2) is 29.3 Å². The molecule has 1 saturated carbocycles. The Morgan fingerprint density at radius 1 is 1.15 bits per heavy atom. The third-order valence-electron chi connectivity index (χ3n) is 3.12. The molecule has 2 aliphatic rings. The Hall–Kier alpha value is -1.11. The van der Waals surface area contributed by atoms with Gasteiger partial charge < -0.3 is 0 Å². The van der Waals surface area contributed by atoms with Crippen LogP contribution in [-0.4, -0.2) is 6.04 Å². The van der Waals surface area contributed by atoms with E-state index in [1.165, 1.54) is 36.3 Å². The van der Waals surface area contributed by atoms with Gasteiger partial charge in [0.05, 0.1) is 11.4 Å². The van der Waals surface area contributed by atoms with E-state index in [1.807, 2.05) is 0 Å². The Kier molecular flexibility index (Phi) is 1.51. The molecular formula is C12H13N. The Morgan fingerprint density at radius 2 is 2.08 bits per heavy atom. The summed E-state index contributed by atoms with van der Waals surface area (Å²) in [6, 6.07) is 9.10. The molecule has 0 bridgehead atoms. The molecule has 1 aromatic rings. The minimum Gasteiger partial charge on any atom is -0.277 e. The van der Waals surface area contributed by atoms with Gasteiger partial charge in [0.15, 0.2) is 0 Å². The minimum atomic E-state index is 0.533. The third-order valence-corrected chi connectivity index (χ3v) is 3.12. The molecule has 3 rings (SSSR count). The van der Waals surface area contributed by atoms with Gasteiger partial charge in [-0.3, -0.25) is 4.99 Å². The molecule has 1 aliphatic heterocycles. The molecule has 0 saturated heterocycles. The van der Waals surface area contributed by atoms with Gasteiger partial charge in [0.25, 0.3) is 0 Å². The normalized spacial score (nSPS) is 24.9. The quantitative estimate of drug-likeness (QED) is 0.559. The van der Waals surface area contributed by atoms with Gasteiger partial charge in [-0.2, -0.15) is 0 Å². The molecule has 1 nitrogen and oxygen atoms in total. The molecule has 0 N–H and O–H groups in total. The maximum atomic E-state index is 4.74. The summed E-state index contributed by atoms with van der Waals surface area (Å²) in [4.78, 5) is 4.74. The Bertz CT molecular complexity index is 444. The van der Waals surface area contributed by atoms with Gasteiger partial charge in [0, 0.05) is 5.22 Å². The molecule has 0 amide bonds. The van der Waals surface area contributed by atoms with E-state index in [9.17, 15) is 0 Å². The van der Waals surface area contributed by atoms with Crippen LogP contribution in [-0.2, 0) is 0 Å². The van der Waals surface area contributed by atoms with E-state index >= 15 is 0 Å². The lowest BCUT2D eigenvalue weighted by Gasteiger charge is -2.18. The smallest absolute Gasteiger partial charge is 0.0726 e. The molecule has 0 radical (unpaired) electrons. The second-order valence-corrected chi connectivity index (χ2v) is 3.93.